The van der Waals surface area contributed by atoms with Crippen molar-refractivity contribution in [2.75, 3.05) is 5.73 Å². The Hall–Kier alpha value is -0.750. The van der Waals surface area contributed by atoms with Crippen molar-refractivity contribution >= 4 is 21.6 Å². The van der Waals surface area contributed by atoms with Gasteiger partial charge in [-0.15, -0.1) is 0 Å². The molecule has 6 heteroatoms. The Morgan fingerprint density at radius 3 is 2.69 bits per heavy atom. The van der Waals surface area contributed by atoms with Gasteiger partial charge in [0.1, 0.15) is 5.69 Å². The standard InChI is InChI=1S/C7H7BrF2N2O/c8-4-1-3(2-13)12-6(5(4)11)7(9)10/h1,7,13H,2,11H2. The van der Waals surface area contributed by atoms with Crippen LogP contribution in [0.3, 0.4) is 0 Å². The molecule has 0 spiro atoms. The van der Waals surface area contributed by atoms with Crippen LogP contribution in [0.15, 0.2) is 10.5 Å². The zero-order valence-corrected chi connectivity index (χ0v) is 8.05. The lowest BCUT2D eigenvalue weighted by Crippen LogP contribution is -2.03. The molecule has 1 heterocycles. The molecule has 0 fully saturated rings. The predicted molar refractivity (Wildman–Crippen MR) is 47.2 cm³/mol. The molecule has 0 unspecified atom stereocenters. The number of nitrogen functional groups attached to an aromatic ring is 1. The van der Waals surface area contributed by atoms with E-state index >= 15 is 0 Å². The van der Waals surface area contributed by atoms with Crippen LogP contribution in [-0.4, -0.2) is 10.1 Å². The summed E-state index contributed by atoms with van der Waals surface area (Å²) >= 11 is 3.00. The van der Waals surface area contributed by atoms with Crippen LogP contribution >= 0.6 is 15.9 Å². The monoisotopic (exact) mass is 252 g/mol. The van der Waals surface area contributed by atoms with Crippen LogP contribution in [0.25, 0.3) is 0 Å². The van der Waals surface area contributed by atoms with Crippen molar-refractivity contribution in [1.29, 1.82) is 0 Å². The highest BCUT2D eigenvalue weighted by atomic mass is 79.9. The molecule has 13 heavy (non-hydrogen) atoms. The molecule has 3 N–H and O–H groups in total. The Bertz CT molecular complexity index is 320. The SMILES string of the molecule is Nc1c(Br)cc(CO)nc1C(F)F. The lowest BCUT2D eigenvalue weighted by atomic mass is 10.2. The molecule has 0 aliphatic heterocycles. The number of aliphatic hydroxyl groups excluding tert-OH is 1. The number of nitrogens with zero attached hydrogens (tertiary/aromatic N) is 1. The molecule has 1 rings (SSSR count). The summed E-state index contributed by atoms with van der Waals surface area (Å²) in [5.41, 5.74) is 4.91. The van der Waals surface area contributed by atoms with Gasteiger partial charge in [-0.05, 0) is 22.0 Å². The van der Waals surface area contributed by atoms with Gasteiger partial charge in [-0.25, -0.2) is 13.8 Å². The number of alkyl halides is 2. The quantitative estimate of drug-likeness (QED) is 0.845. The van der Waals surface area contributed by atoms with E-state index in [4.69, 9.17) is 10.8 Å². The van der Waals surface area contributed by atoms with E-state index in [1.54, 1.807) is 0 Å². The number of aliphatic hydroxyl groups is 1. The summed E-state index contributed by atoms with van der Waals surface area (Å²) in [6.45, 7) is -0.390. The van der Waals surface area contributed by atoms with Crippen molar-refractivity contribution in [1.82, 2.24) is 4.98 Å². The minimum atomic E-state index is -2.73. The molecule has 1 aromatic heterocycles. The van der Waals surface area contributed by atoms with E-state index in [0.29, 0.717) is 4.47 Å². The van der Waals surface area contributed by atoms with Gasteiger partial charge >= 0.3 is 0 Å². The highest BCUT2D eigenvalue weighted by molar-refractivity contribution is 9.10. The van der Waals surface area contributed by atoms with Gasteiger partial charge in [0.15, 0.2) is 0 Å². The van der Waals surface area contributed by atoms with Crippen LogP contribution in [0.1, 0.15) is 17.8 Å². The summed E-state index contributed by atoms with van der Waals surface area (Å²) in [6, 6.07) is 1.40. The number of rotatable bonds is 2. The van der Waals surface area contributed by atoms with Gasteiger partial charge in [0.2, 0.25) is 0 Å². The topological polar surface area (TPSA) is 59.1 Å². The van der Waals surface area contributed by atoms with Crippen molar-refractivity contribution in [3.05, 3.63) is 21.9 Å². The lowest BCUT2D eigenvalue weighted by molar-refractivity contribution is 0.146. The van der Waals surface area contributed by atoms with Crippen molar-refractivity contribution < 1.29 is 13.9 Å². The molecule has 0 bridgehead atoms. The third kappa shape index (κ3) is 2.13. The van der Waals surface area contributed by atoms with Crippen molar-refractivity contribution in [3.8, 4) is 0 Å². The second kappa shape index (κ2) is 3.97. The van der Waals surface area contributed by atoms with Gasteiger partial charge in [0.05, 0.1) is 18.0 Å². The van der Waals surface area contributed by atoms with Crippen molar-refractivity contribution in [2.45, 2.75) is 13.0 Å². The maximum absolute atomic E-state index is 12.3. The normalized spacial score (nSPS) is 10.8. The van der Waals surface area contributed by atoms with Gasteiger partial charge < -0.3 is 10.8 Å². The third-order valence-corrected chi connectivity index (χ3v) is 2.12. The van der Waals surface area contributed by atoms with E-state index in [1.165, 1.54) is 6.07 Å². The molecule has 72 valence electrons. The van der Waals surface area contributed by atoms with E-state index < -0.39 is 18.7 Å². The van der Waals surface area contributed by atoms with E-state index in [2.05, 4.69) is 20.9 Å². The van der Waals surface area contributed by atoms with E-state index in [1.807, 2.05) is 0 Å². The van der Waals surface area contributed by atoms with E-state index in [0.717, 1.165) is 0 Å². The first-order valence-corrected chi connectivity index (χ1v) is 4.19. The molecule has 0 radical (unpaired) electrons. The Morgan fingerprint density at radius 1 is 1.62 bits per heavy atom. The summed E-state index contributed by atoms with van der Waals surface area (Å²) in [7, 11) is 0. The fraction of sp³-hybridized carbons (Fsp3) is 0.286. The Labute approximate surface area is 81.7 Å². The summed E-state index contributed by atoms with van der Waals surface area (Å²) < 4.78 is 24.9. The number of hydrogen-bond acceptors (Lipinski definition) is 3. The smallest absolute Gasteiger partial charge is 0.282 e. The third-order valence-electron chi connectivity index (χ3n) is 1.46. The van der Waals surface area contributed by atoms with Gasteiger partial charge in [-0.1, -0.05) is 0 Å². The second-order valence-corrected chi connectivity index (χ2v) is 3.21. The Morgan fingerprint density at radius 2 is 2.23 bits per heavy atom. The average molecular weight is 253 g/mol. The number of pyridine rings is 1. The average Bonchev–Trinajstić information content (AvgIpc) is 2.09. The number of hydrogen-bond donors (Lipinski definition) is 2. The Kier molecular flexibility index (Phi) is 3.16. The molecule has 1 aromatic rings. The number of aromatic nitrogens is 1. The van der Waals surface area contributed by atoms with Crippen LogP contribution in [-0.2, 0) is 6.61 Å². The summed E-state index contributed by atoms with van der Waals surface area (Å²) in [6.07, 6.45) is -2.73. The highest BCUT2D eigenvalue weighted by Crippen LogP contribution is 2.29. The molecule has 0 aliphatic rings. The van der Waals surface area contributed by atoms with Gasteiger partial charge in [-0.3, -0.25) is 0 Å². The summed E-state index contributed by atoms with van der Waals surface area (Å²) in [5.74, 6) is 0. The van der Waals surface area contributed by atoms with Crippen LogP contribution < -0.4 is 5.73 Å². The number of anilines is 1. The molecule has 3 nitrogen and oxygen atoms in total. The lowest BCUT2D eigenvalue weighted by Gasteiger charge is -2.07. The number of nitrogens with two attached hydrogens (primary N) is 1. The maximum atomic E-state index is 12.3. The first-order valence-electron chi connectivity index (χ1n) is 3.40. The van der Waals surface area contributed by atoms with Gasteiger partial charge in [0.25, 0.3) is 6.43 Å². The zero-order valence-electron chi connectivity index (χ0n) is 6.47. The summed E-state index contributed by atoms with van der Waals surface area (Å²) in [5, 5.41) is 8.69. The van der Waals surface area contributed by atoms with Crippen LogP contribution in [0.5, 0.6) is 0 Å². The zero-order chi connectivity index (χ0) is 10.0. The van der Waals surface area contributed by atoms with Crippen LogP contribution in [0, 0.1) is 0 Å². The molecular formula is C7H7BrF2N2O. The summed E-state index contributed by atoms with van der Waals surface area (Å²) in [4.78, 5) is 3.50. The van der Waals surface area contributed by atoms with Gasteiger partial charge in [-0.2, -0.15) is 0 Å². The fourth-order valence-corrected chi connectivity index (χ4v) is 1.31. The minimum Gasteiger partial charge on any atom is -0.396 e. The van der Waals surface area contributed by atoms with E-state index in [9.17, 15) is 8.78 Å². The first-order chi connectivity index (χ1) is 6.06. The van der Waals surface area contributed by atoms with Gasteiger partial charge in [0, 0.05) is 4.47 Å². The second-order valence-electron chi connectivity index (χ2n) is 2.35. The molecule has 0 saturated heterocycles. The maximum Gasteiger partial charge on any atom is 0.282 e. The van der Waals surface area contributed by atoms with Crippen LogP contribution in [0.2, 0.25) is 0 Å². The largest absolute Gasteiger partial charge is 0.396 e. The molecule has 0 aliphatic carbocycles. The predicted octanol–water partition coefficient (Wildman–Crippen LogP) is 1.86. The molecule has 0 aromatic carbocycles. The first kappa shape index (κ1) is 10.3. The number of halogens is 3. The minimum absolute atomic E-state index is 0.0906. The molecular weight excluding hydrogens is 246 g/mol. The molecule has 0 amide bonds. The molecule has 0 saturated carbocycles. The molecule has 0 atom stereocenters. The van der Waals surface area contributed by atoms with Crippen molar-refractivity contribution in [2.24, 2.45) is 0 Å². The highest BCUT2D eigenvalue weighted by Gasteiger charge is 2.16. The Balaban J connectivity index is 3.25. The van der Waals surface area contributed by atoms with Crippen LogP contribution in [0.4, 0.5) is 14.5 Å². The van der Waals surface area contributed by atoms with E-state index in [-0.39, 0.29) is 11.4 Å². The fourth-order valence-electron chi connectivity index (χ4n) is 0.841. The van der Waals surface area contributed by atoms with Crippen molar-refractivity contribution in [3.63, 3.8) is 0 Å².